The topological polar surface area (TPSA) is 66.0 Å². The predicted octanol–water partition coefficient (Wildman–Crippen LogP) is 0.923. The Morgan fingerprint density at radius 2 is 1.79 bits per heavy atom. The number of piperazine rings is 1. The molecule has 9 heteroatoms. The Hall–Kier alpha value is -0.580. The van der Waals surface area contributed by atoms with Crippen molar-refractivity contribution in [2.45, 2.75) is 39.5 Å². The fraction of sp³-hybridized carbons (Fsp3) is 0.800. The van der Waals surface area contributed by atoms with E-state index in [1.54, 1.807) is 19.9 Å². The fourth-order valence-corrected chi connectivity index (χ4v) is 5.66. The zero-order chi connectivity index (χ0) is 17.3. The van der Waals surface area contributed by atoms with Gasteiger partial charge in [-0.3, -0.25) is 4.90 Å². The van der Waals surface area contributed by atoms with Crippen molar-refractivity contribution in [2.75, 3.05) is 39.3 Å². The van der Waals surface area contributed by atoms with Gasteiger partial charge in [-0.25, -0.2) is 4.98 Å². The van der Waals surface area contributed by atoms with Gasteiger partial charge in [-0.2, -0.15) is 17.0 Å². The zero-order valence-corrected chi connectivity index (χ0v) is 16.1. The molecule has 0 bridgehead atoms. The van der Waals surface area contributed by atoms with Gasteiger partial charge in [0.1, 0.15) is 0 Å². The van der Waals surface area contributed by atoms with Gasteiger partial charge in [0.25, 0.3) is 10.2 Å². The SMILES string of the molecule is Cc1nc(CN2CCN(S(=O)(=O)N3CC(C)OC(C)C3)CC2)cs1. The first-order valence-electron chi connectivity index (χ1n) is 8.38. The quantitative estimate of drug-likeness (QED) is 0.784. The summed E-state index contributed by atoms with van der Waals surface area (Å²) in [5.74, 6) is 0. The first kappa shape index (κ1) is 18.2. The number of rotatable bonds is 4. The van der Waals surface area contributed by atoms with Crippen LogP contribution in [0.1, 0.15) is 24.5 Å². The van der Waals surface area contributed by atoms with E-state index in [0.717, 1.165) is 30.3 Å². The van der Waals surface area contributed by atoms with Gasteiger partial charge in [0.2, 0.25) is 0 Å². The van der Waals surface area contributed by atoms with Crippen LogP contribution in [0.2, 0.25) is 0 Å². The number of aryl methyl sites for hydroxylation is 1. The minimum Gasteiger partial charge on any atom is -0.373 e. The van der Waals surface area contributed by atoms with Crippen LogP contribution in [0.15, 0.2) is 5.38 Å². The van der Waals surface area contributed by atoms with Gasteiger partial charge < -0.3 is 4.74 Å². The van der Waals surface area contributed by atoms with Gasteiger partial charge in [0.15, 0.2) is 0 Å². The van der Waals surface area contributed by atoms with E-state index in [0.29, 0.717) is 26.2 Å². The van der Waals surface area contributed by atoms with E-state index < -0.39 is 10.2 Å². The Morgan fingerprint density at radius 3 is 2.33 bits per heavy atom. The summed E-state index contributed by atoms with van der Waals surface area (Å²) in [4.78, 5) is 6.75. The van der Waals surface area contributed by atoms with E-state index in [1.165, 1.54) is 0 Å². The molecule has 3 heterocycles. The van der Waals surface area contributed by atoms with Gasteiger partial charge >= 0.3 is 0 Å². The molecule has 2 fully saturated rings. The lowest BCUT2D eigenvalue weighted by molar-refractivity contribution is -0.0457. The van der Waals surface area contributed by atoms with Crippen LogP contribution in [0.3, 0.4) is 0 Å². The maximum absolute atomic E-state index is 12.9. The average molecular weight is 375 g/mol. The second-order valence-corrected chi connectivity index (χ2v) is 9.61. The summed E-state index contributed by atoms with van der Waals surface area (Å²) in [7, 11) is -3.40. The third-order valence-corrected chi connectivity index (χ3v) is 7.21. The van der Waals surface area contributed by atoms with Gasteiger partial charge in [0, 0.05) is 51.2 Å². The third kappa shape index (κ3) is 4.14. The Balaban J connectivity index is 1.57. The molecule has 24 heavy (non-hydrogen) atoms. The highest BCUT2D eigenvalue weighted by Crippen LogP contribution is 2.19. The van der Waals surface area contributed by atoms with Crippen molar-refractivity contribution in [1.82, 2.24) is 18.5 Å². The molecule has 2 aliphatic heterocycles. The molecule has 136 valence electrons. The number of hydrogen-bond acceptors (Lipinski definition) is 6. The molecule has 0 aromatic carbocycles. The number of aromatic nitrogens is 1. The normalized spacial score (nSPS) is 28.3. The molecule has 1 aromatic heterocycles. The fourth-order valence-electron chi connectivity index (χ4n) is 3.31. The summed E-state index contributed by atoms with van der Waals surface area (Å²) in [6, 6.07) is 0. The summed E-state index contributed by atoms with van der Waals surface area (Å²) < 4.78 is 34.6. The Bertz CT molecular complexity index is 645. The molecule has 2 unspecified atom stereocenters. The van der Waals surface area contributed by atoms with Crippen LogP contribution in [0.25, 0.3) is 0 Å². The van der Waals surface area contributed by atoms with Gasteiger partial charge in [-0.1, -0.05) is 0 Å². The van der Waals surface area contributed by atoms with Crippen molar-refractivity contribution < 1.29 is 13.2 Å². The molecule has 2 saturated heterocycles. The Labute approximate surface area is 148 Å². The van der Waals surface area contributed by atoms with E-state index in [9.17, 15) is 8.42 Å². The molecule has 0 spiro atoms. The number of nitrogens with zero attached hydrogens (tertiary/aromatic N) is 4. The van der Waals surface area contributed by atoms with Crippen LogP contribution < -0.4 is 0 Å². The maximum Gasteiger partial charge on any atom is 0.282 e. The largest absolute Gasteiger partial charge is 0.373 e. The lowest BCUT2D eigenvalue weighted by Crippen LogP contribution is -2.57. The summed E-state index contributed by atoms with van der Waals surface area (Å²) in [6.07, 6.45) is -0.115. The summed E-state index contributed by atoms with van der Waals surface area (Å²) >= 11 is 1.65. The first-order chi connectivity index (χ1) is 11.3. The minimum absolute atomic E-state index is 0.0577. The molecule has 0 saturated carbocycles. The first-order valence-corrected chi connectivity index (χ1v) is 10.7. The van der Waals surface area contributed by atoms with E-state index in [-0.39, 0.29) is 12.2 Å². The lowest BCUT2D eigenvalue weighted by atomic mass is 10.3. The Kier molecular flexibility index (Phi) is 5.58. The molecular formula is C15H26N4O3S2. The highest BCUT2D eigenvalue weighted by Gasteiger charge is 2.36. The van der Waals surface area contributed by atoms with Crippen LogP contribution >= 0.6 is 11.3 Å². The highest BCUT2D eigenvalue weighted by molar-refractivity contribution is 7.86. The van der Waals surface area contributed by atoms with Crippen molar-refractivity contribution in [1.29, 1.82) is 0 Å². The zero-order valence-electron chi connectivity index (χ0n) is 14.5. The van der Waals surface area contributed by atoms with Crippen LogP contribution in [0.4, 0.5) is 0 Å². The summed E-state index contributed by atoms with van der Waals surface area (Å²) in [6.45, 7) is 10.1. The number of thiazole rings is 1. The standard InChI is InChI=1S/C15H26N4O3S2/c1-12-8-19(9-13(2)22-12)24(20,21)18-6-4-17(5-7-18)10-15-11-23-14(3)16-15/h11-13H,4-10H2,1-3H3. The minimum atomic E-state index is -3.40. The van der Waals surface area contributed by atoms with Crippen molar-refractivity contribution in [3.63, 3.8) is 0 Å². The molecule has 3 rings (SSSR count). The maximum atomic E-state index is 12.9. The van der Waals surface area contributed by atoms with Crippen molar-refractivity contribution >= 4 is 21.5 Å². The van der Waals surface area contributed by atoms with Crippen LogP contribution in [0, 0.1) is 6.92 Å². The molecule has 1 aromatic rings. The number of hydrogen-bond donors (Lipinski definition) is 0. The van der Waals surface area contributed by atoms with Gasteiger partial charge in [-0.15, -0.1) is 11.3 Å². The lowest BCUT2D eigenvalue weighted by Gasteiger charge is -2.40. The van der Waals surface area contributed by atoms with E-state index >= 15 is 0 Å². The molecule has 0 aliphatic carbocycles. The van der Waals surface area contributed by atoms with E-state index in [2.05, 4.69) is 15.3 Å². The summed E-state index contributed by atoms with van der Waals surface area (Å²) in [5.41, 5.74) is 1.07. The second kappa shape index (κ2) is 7.35. The number of morpholine rings is 1. The smallest absolute Gasteiger partial charge is 0.282 e. The summed E-state index contributed by atoms with van der Waals surface area (Å²) in [5, 5.41) is 3.15. The van der Waals surface area contributed by atoms with E-state index in [1.807, 2.05) is 20.8 Å². The molecule has 0 radical (unpaired) electrons. The molecule has 0 amide bonds. The van der Waals surface area contributed by atoms with Gasteiger partial charge in [0.05, 0.1) is 22.9 Å². The molecule has 0 N–H and O–H groups in total. The third-order valence-electron chi connectivity index (χ3n) is 4.42. The highest BCUT2D eigenvalue weighted by atomic mass is 32.2. The molecule has 2 aliphatic rings. The van der Waals surface area contributed by atoms with Crippen molar-refractivity contribution in [2.24, 2.45) is 0 Å². The second-order valence-electron chi connectivity index (χ2n) is 6.62. The molecular weight excluding hydrogens is 348 g/mol. The van der Waals surface area contributed by atoms with Crippen LogP contribution in [-0.4, -0.2) is 78.4 Å². The monoisotopic (exact) mass is 374 g/mol. The van der Waals surface area contributed by atoms with Crippen LogP contribution in [0.5, 0.6) is 0 Å². The molecule has 7 nitrogen and oxygen atoms in total. The van der Waals surface area contributed by atoms with E-state index in [4.69, 9.17) is 4.74 Å². The van der Waals surface area contributed by atoms with Gasteiger partial charge in [-0.05, 0) is 20.8 Å². The van der Waals surface area contributed by atoms with Crippen molar-refractivity contribution in [3.8, 4) is 0 Å². The van der Waals surface area contributed by atoms with Crippen molar-refractivity contribution in [3.05, 3.63) is 16.1 Å². The Morgan fingerprint density at radius 1 is 1.17 bits per heavy atom. The predicted molar refractivity (Wildman–Crippen MR) is 94.2 cm³/mol. The average Bonchev–Trinajstić information content (AvgIpc) is 2.92. The van der Waals surface area contributed by atoms with Crippen LogP contribution in [-0.2, 0) is 21.5 Å². The molecule has 2 atom stereocenters. The number of ether oxygens (including phenoxy) is 1.